The number of methoxy groups -OCH3 is 1. The summed E-state index contributed by atoms with van der Waals surface area (Å²) in [4.78, 5) is -0.0536. The van der Waals surface area contributed by atoms with Crippen LogP contribution in [0.5, 0.6) is 5.75 Å². The largest absolute Gasteiger partial charge is 0.494 e. The normalized spacial score (nSPS) is 14.0. The molecule has 0 aromatic heterocycles. The SMILES string of the molecule is COc1cc(S(=O)(=O)N[C@@H](CNC(C)(C)C)C(C)C)c(Br)cc1F. The van der Waals surface area contributed by atoms with Gasteiger partial charge < -0.3 is 10.1 Å². The number of rotatable bonds is 7. The molecule has 24 heavy (non-hydrogen) atoms. The van der Waals surface area contributed by atoms with Gasteiger partial charge in [-0.2, -0.15) is 0 Å². The molecule has 5 nitrogen and oxygen atoms in total. The Bertz CT molecular complexity index is 673. The van der Waals surface area contributed by atoms with Crippen molar-refractivity contribution >= 4 is 26.0 Å². The number of hydrogen-bond acceptors (Lipinski definition) is 4. The average Bonchev–Trinajstić information content (AvgIpc) is 2.42. The fourth-order valence-corrected chi connectivity index (χ4v) is 4.38. The van der Waals surface area contributed by atoms with Crippen LogP contribution in [0.3, 0.4) is 0 Å². The van der Waals surface area contributed by atoms with Crippen LogP contribution in [0, 0.1) is 11.7 Å². The summed E-state index contributed by atoms with van der Waals surface area (Å²) < 4.78 is 46.9. The first kappa shape index (κ1) is 21.3. The number of halogens is 2. The standard InChI is InChI=1S/C16H26BrFN2O3S/c1-10(2)13(9-19-16(3,4)5)20-24(21,22)15-8-14(23-6)12(18)7-11(15)17/h7-8,10,13,19-20H,9H2,1-6H3/t13-/m0/s1. The summed E-state index contributed by atoms with van der Waals surface area (Å²) in [5, 5.41) is 3.30. The molecule has 1 rings (SSSR count). The molecule has 2 N–H and O–H groups in total. The van der Waals surface area contributed by atoms with Crippen LogP contribution in [0.4, 0.5) is 4.39 Å². The molecule has 0 aliphatic carbocycles. The molecule has 0 aliphatic heterocycles. The van der Waals surface area contributed by atoms with Gasteiger partial charge in [0.15, 0.2) is 11.6 Å². The fraction of sp³-hybridized carbons (Fsp3) is 0.625. The Morgan fingerprint density at radius 1 is 1.29 bits per heavy atom. The number of hydrogen-bond donors (Lipinski definition) is 2. The molecule has 0 aliphatic rings. The number of ether oxygens (including phenoxy) is 1. The second kappa shape index (κ2) is 8.12. The van der Waals surface area contributed by atoms with Crippen molar-refractivity contribution in [3.05, 3.63) is 22.4 Å². The maximum absolute atomic E-state index is 13.7. The van der Waals surface area contributed by atoms with E-state index in [1.165, 1.54) is 13.2 Å². The molecule has 138 valence electrons. The summed E-state index contributed by atoms with van der Waals surface area (Å²) in [5.41, 5.74) is -0.127. The Morgan fingerprint density at radius 2 is 1.88 bits per heavy atom. The summed E-state index contributed by atoms with van der Waals surface area (Å²) in [6.45, 7) is 10.4. The average molecular weight is 425 g/mol. The third-order valence-electron chi connectivity index (χ3n) is 3.46. The molecule has 1 aromatic carbocycles. The summed E-state index contributed by atoms with van der Waals surface area (Å²) in [5.74, 6) is -0.665. The van der Waals surface area contributed by atoms with Crippen molar-refractivity contribution in [1.82, 2.24) is 10.0 Å². The second-order valence-corrected chi connectivity index (χ2v) is 9.56. The molecule has 8 heteroatoms. The summed E-state index contributed by atoms with van der Waals surface area (Å²) in [6, 6.07) is 1.96. The minimum Gasteiger partial charge on any atom is -0.494 e. The minimum absolute atomic E-state index is 0.0536. The Kier molecular flexibility index (Phi) is 7.22. The Morgan fingerprint density at radius 3 is 2.33 bits per heavy atom. The van der Waals surface area contributed by atoms with E-state index in [1.807, 2.05) is 34.6 Å². The molecule has 0 bridgehead atoms. The van der Waals surface area contributed by atoms with Crippen molar-refractivity contribution < 1.29 is 17.5 Å². The molecule has 0 unspecified atom stereocenters. The van der Waals surface area contributed by atoms with Crippen LogP contribution < -0.4 is 14.8 Å². The second-order valence-electron chi connectivity index (χ2n) is 7.02. The number of sulfonamides is 1. The predicted octanol–water partition coefficient (Wildman–Crippen LogP) is 3.29. The molecule has 0 saturated heterocycles. The van der Waals surface area contributed by atoms with Gasteiger partial charge in [0.1, 0.15) is 4.90 Å². The van der Waals surface area contributed by atoms with Gasteiger partial charge in [0, 0.05) is 28.7 Å². The summed E-state index contributed by atoms with van der Waals surface area (Å²) in [7, 11) is -2.54. The van der Waals surface area contributed by atoms with Crippen molar-refractivity contribution in [3.8, 4) is 5.75 Å². The van der Waals surface area contributed by atoms with Crippen molar-refractivity contribution in [2.45, 2.75) is 51.1 Å². The lowest BCUT2D eigenvalue weighted by Gasteiger charge is -2.28. The van der Waals surface area contributed by atoms with Crippen LogP contribution in [-0.4, -0.2) is 33.7 Å². The highest BCUT2D eigenvalue weighted by molar-refractivity contribution is 9.10. The zero-order valence-corrected chi connectivity index (χ0v) is 17.3. The molecule has 1 atom stereocenters. The third kappa shape index (κ3) is 5.98. The van der Waals surface area contributed by atoms with E-state index in [0.717, 1.165) is 6.07 Å². The van der Waals surface area contributed by atoms with E-state index in [-0.39, 0.29) is 32.6 Å². The first-order chi connectivity index (χ1) is 10.9. The Hall–Kier alpha value is -0.700. The van der Waals surface area contributed by atoms with Gasteiger partial charge in [-0.3, -0.25) is 0 Å². The summed E-state index contributed by atoms with van der Waals surface area (Å²) in [6.07, 6.45) is 0. The van der Waals surface area contributed by atoms with E-state index < -0.39 is 15.8 Å². The van der Waals surface area contributed by atoms with E-state index in [9.17, 15) is 12.8 Å². The molecule has 0 fully saturated rings. The highest BCUT2D eigenvalue weighted by Gasteiger charge is 2.26. The van der Waals surface area contributed by atoms with Crippen molar-refractivity contribution in [2.24, 2.45) is 5.92 Å². The van der Waals surface area contributed by atoms with Gasteiger partial charge in [-0.25, -0.2) is 17.5 Å². The number of nitrogens with one attached hydrogen (secondary N) is 2. The van der Waals surface area contributed by atoms with Crippen LogP contribution in [-0.2, 0) is 10.0 Å². The van der Waals surface area contributed by atoms with E-state index in [0.29, 0.717) is 6.54 Å². The Labute approximate surface area is 152 Å². The molecule has 0 spiro atoms. The van der Waals surface area contributed by atoms with Crippen molar-refractivity contribution in [2.75, 3.05) is 13.7 Å². The Balaban J connectivity index is 3.10. The topological polar surface area (TPSA) is 67.4 Å². The van der Waals surface area contributed by atoms with E-state index in [4.69, 9.17) is 4.74 Å². The van der Waals surface area contributed by atoms with Crippen LogP contribution in [0.1, 0.15) is 34.6 Å². The van der Waals surface area contributed by atoms with Crippen LogP contribution in [0.15, 0.2) is 21.5 Å². The summed E-state index contributed by atoms with van der Waals surface area (Å²) >= 11 is 3.11. The quantitative estimate of drug-likeness (QED) is 0.704. The van der Waals surface area contributed by atoms with Gasteiger partial charge in [0.2, 0.25) is 10.0 Å². The van der Waals surface area contributed by atoms with E-state index in [1.54, 1.807) is 0 Å². The van der Waals surface area contributed by atoms with Crippen LogP contribution in [0.2, 0.25) is 0 Å². The third-order valence-corrected chi connectivity index (χ3v) is 5.91. The molecular weight excluding hydrogens is 399 g/mol. The van der Waals surface area contributed by atoms with Crippen molar-refractivity contribution in [1.29, 1.82) is 0 Å². The van der Waals surface area contributed by atoms with Gasteiger partial charge >= 0.3 is 0 Å². The monoisotopic (exact) mass is 424 g/mol. The lowest BCUT2D eigenvalue weighted by atomic mass is 10.0. The first-order valence-electron chi connectivity index (χ1n) is 7.68. The van der Waals surface area contributed by atoms with Crippen LogP contribution >= 0.6 is 15.9 Å². The van der Waals surface area contributed by atoms with E-state index in [2.05, 4.69) is 26.0 Å². The maximum atomic E-state index is 13.7. The molecular formula is C16H26BrFN2O3S. The smallest absolute Gasteiger partial charge is 0.242 e. The minimum atomic E-state index is -3.84. The van der Waals surface area contributed by atoms with Gasteiger partial charge in [-0.05, 0) is 48.7 Å². The fourth-order valence-electron chi connectivity index (χ4n) is 1.97. The van der Waals surface area contributed by atoms with Gasteiger partial charge in [0.25, 0.3) is 0 Å². The molecule has 0 amide bonds. The highest BCUT2D eigenvalue weighted by atomic mass is 79.9. The van der Waals surface area contributed by atoms with Gasteiger partial charge in [-0.1, -0.05) is 13.8 Å². The molecule has 0 heterocycles. The van der Waals surface area contributed by atoms with E-state index >= 15 is 0 Å². The van der Waals surface area contributed by atoms with Gasteiger partial charge in [0.05, 0.1) is 7.11 Å². The van der Waals surface area contributed by atoms with Crippen LogP contribution in [0.25, 0.3) is 0 Å². The molecule has 0 radical (unpaired) electrons. The first-order valence-corrected chi connectivity index (χ1v) is 9.95. The number of benzene rings is 1. The van der Waals surface area contributed by atoms with Crippen molar-refractivity contribution in [3.63, 3.8) is 0 Å². The predicted molar refractivity (Wildman–Crippen MR) is 97.4 cm³/mol. The van der Waals surface area contributed by atoms with Gasteiger partial charge in [-0.15, -0.1) is 0 Å². The highest BCUT2D eigenvalue weighted by Crippen LogP contribution is 2.29. The lowest BCUT2D eigenvalue weighted by molar-refractivity contribution is 0.355. The maximum Gasteiger partial charge on any atom is 0.242 e. The zero-order chi connectivity index (χ0) is 18.7. The lowest BCUT2D eigenvalue weighted by Crippen LogP contribution is -2.49. The zero-order valence-electron chi connectivity index (χ0n) is 14.9. The molecule has 0 saturated carbocycles. The molecule has 1 aromatic rings.